The normalized spacial score (nSPS) is 17.9. The van der Waals surface area contributed by atoms with Crippen LogP contribution in [0.5, 0.6) is 0 Å². The minimum Gasteiger partial charge on any atom is -0.321 e. The second-order valence-corrected chi connectivity index (χ2v) is 4.65. The van der Waals surface area contributed by atoms with Gasteiger partial charge in [-0.3, -0.25) is 0 Å². The van der Waals surface area contributed by atoms with Gasteiger partial charge in [-0.25, -0.2) is 0 Å². The zero-order valence-electron chi connectivity index (χ0n) is 5.37. The highest BCUT2D eigenvalue weighted by atomic mass is 32.5. The van der Waals surface area contributed by atoms with Crippen LogP contribution in [0.1, 0.15) is 13.8 Å². The molecule has 1 N–H and O–H groups in total. The van der Waals surface area contributed by atoms with Gasteiger partial charge in [0.25, 0.3) is 0 Å². The van der Waals surface area contributed by atoms with Crippen LogP contribution in [0.4, 0.5) is 4.20 Å². The molecule has 0 bridgehead atoms. The zero-order valence-corrected chi connectivity index (χ0v) is 7.08. The van der Waals surface area contributed by atoms with E-state index >= 15 is 0 Å². The molecule has 0 aromatic rings. The van der Waals surface area contributed by atoms with E-state index in [4.69, 9.17) is 4.89 Å². The molecule has 2 nitrogen and oxygen atoms in total. The lowest BCUT2D eigenvalue weighted by atomic mass is 10.2. The maximum absolute atomic E-state index is 12.0. The van der Waals surface area contributed by atoms with Gasteiger partial charge in [-0.15, -0.1) is 0 Å². The first kappa shape index (κ1) is 9.50. The van der Waals surface area contributed by atoms with Gasteiger partial charge in [0.2, 0.25) is 0 Å². The van der Waals surface area contributed by atoms with Gasteiger partial charge in [0.15, 0.2) is 0 Å². The van der Waals surface area contributed by atoms with Gasteiger partial charge in [-0.1, -0.05) is 13.8 Å². The Morgan fingerprint density at radius 1 is 1.78 bits per heavy atom. The summed E-state index contributed by atoms with van der Waals surface area (Å²) in [5, 5.41) is 0. The second-order valence-electron chi connectivity index (χ2n) is 2.14. The molecule has 0 radical (unpaired) electrons. The Kier molecular flexibility index (Phi) is 3.82. The molecule has 0 saturated carbocycles. The van der Waals surface area contributed by atoms with Crippen LogP contribution in [0.25, 0.3) is 0 Å². The molecule has 0 spiro atoms. The van der Waals surface area contributed by atoms with Crippen LogP contribution in [0.15, 0.2) is 0 Å². The van der Waals surface area contributed by atoms with Gasteiger partial charge in [0, 0.05) is 0 Å². The average Bonchev–Trinajstić information content (AvgIpc) is 1.59. The number of halogens is 1. The molecule has 0 aliphatic carbocycles. The fraction of sp³-hybridized carbons (Fsp3) is 1.00. The van der Waals surface area contributed by atoms with Crippen LogP contribution < -0.4 is 0 Å². The quantitative estimate of drug-likeness (QED) is 0.659. The van der Waals surface area contributed by atoms with E-state index in [2.05, 4.69) is 16.3 Å². The molecular weight excluding hydrogens is 162 g/mol. The fourth-order valence-corrected chi connectivity index (χ4v) is 0.906. The smallest absolute Gasteiger partial charge is 0.321 e. The highest BCUT2D eigenvalue weighted by molar-refractivity contribution is 8.06. The molecule has 0 heterocycles. The van der Waals surface area contributed by atoms with Crippen molar-refractivity contribution >= 4 is 18.6 Å². The fourth-order valence-electron chi connectivity index (χ4n) is 0.241. The first-order chi connectivity index (χ1) is 3.92. The van der Waals surface area contributed by atoms with E-state index in [1.165, 1.54) is 0 Å². The molecule has 1 atom stereocenters. The Bertz CT molecular complexity index is 122. The van der Waals surface area contributed by atoms with Crippen LogP contribution in [0.3, 0.4) is 0 Å². The number of rotatable bonds is 3. The Morgan fingerprint density at radius 2 is 2.22 bits per heavy atom. The van der Waals surface area contributed by atoms with E-state index in [0.29, 0.717) is 0 Å². The van der Waals surface area contributed by atoms with Gasteiger partial charge in [0.05, 0.1) is 6.61 Å². The highest BCUT2D eigenvalue weighted by Gasteiger charge is 2.10. The number of hydrogen-bond acceptors (Lipinski definition) is 2. The van der Waals surface area contributed by atoms with Crippen molar-refractivity contribution in [3.05, 3.63) is 0 Å². The van der Waals surface area contributed by atoms with Gasteiger partial charge in [0.1, 0.15) is 0 Å². The van der Waals surface area contributed by atoms with Gasteiger partial charge < -0.3 is 9.42 Å². The van der Waals surface area contributed by atoms with Crippen LogP contribution in [0, 0.1) is 5.92 Å². The average molecular weight is 172 g/mol. The van der Waals surface area contributed by atoms with Crippen molar-refractivity contribution in [2.45, 2.75) is 13.8 Å². The third-order valence-corrected chi connectivity index (χ3v) is 1.35. The van der Waals surface area contributed by atoms with Gasteiger partial charge in [-0.2, -0.15) is 4.20 Å². The lowest BCUT2D eigenvalue weighted by molar-refractivity contribution is 0.244. The molecular formula is C4H10FO2PS. The van der Waals surface area contributed by atoms with Crippen LogP contribution in [-0.4, -0.2) is 11.5 Å². The topological polar surface area (TPSA) is 29.5 Å². The van der Waals surface area contributed by atoms with Gasteiger partial charge in [-0.05, 0) is 17.7 Å². The molecule has 0 saturated heterocycles. The van der Waals surface area contributed by atoms with E-state index in [1.807, 2.05) is 13.8 Å². The van der Waals surface area contributed by atoms with Crippen molar-refractivity contribution in [1.82, 2.24) is 0 Å². The van der Waals surface area contributed by atoms with Crippen molar-refractivity contribution in [1.29, 1.82) is 0 Å². The predicted octanol–water partition coefficient (Wildman–Crippen LogP) is 1.85. The van der Waals surface area contributed by atoms with Crippen molar-refractivity contribution < 1.29 is 13.6 Å². The van der Waals surface area contributed by atoms with Gasteiger partial charge >= 0.3 is 6.80 Å². The molecule has 0 fully saturated rings. The van der Waals surface area contributed by atoms with E-state index in [-0.39, 0.29) is 12.5 Å². The minimum absolute atomic E-state index is 0.185. The summed E-state index contributed by atoms with van der Waals surface area (Å²) in [7, 11) is 0. The summed E-state index contributed by atoms with van der Waals surface area (Å²) < 4.78 is 16.3. The van der Waals surface area contributed by atoms with E-state index in [1.54, 1.807) is 0 Å². The Hall–Kier alpha value is 0.500. The summed E-state index contributed by atoms with van der Waals surface area (Å²) in [5.41, 5.74) is 0. The molecule has 56 valence electrons. The molecule has 5 heteroatoms. The molecule has 0 aliphatic heterocycles. The van der Waals surface area contributed by atoms with Crippen LogP contribution >= 0.6 is 6.80 Å². The monoisotopic (exact) mass is 172 g/mol. The van der Waals surface area contributed by atoms with Crippen molar-refractivity contribution in [3.63, 3.8) is 0 Å². The number of hydrogen-bond donors (Lipinski definition) is 1. The van der Waals surface area contributed by atoms with Crippen molar-refractivity contribution in [3.8, 4) is 0 Å². The predicted molar refractivity (Wildman–Crippen MR) is 38.4 cm³/mol. The lowest BCUT2D eigenvalue weighted by Crippen LogP contribution is -1.97. The first-order valence-electron chi connectivity index (χ1n) is 2.59. The maximum Gasteiger partial charge on any atom is 0.363 e. The van der Waals surface area contributed by atoms with Crippen LogP contribution in [0.2, 0.25) is 0 Å². The molecule has 9 heavy (non-hydrogen) atoms. The van der Waals surface area contributed by atoms with E-state index in [9.17, 15) is 4.20 Å². The van der Waals surface area contributed by atoms with Crippen LogP contribution in [-0.2, 0) is 16.3 Å². The lowest BCUT2D eigenvalue weighted by Gasteiger charge is -2.07. The summed E-state index contributed by atoms with van der Waals surface area (Å²) in [6.07, 6.45) is 0. The van der Waals surface area contributed by atoms with Crippen molar-refractivity contribution in [2.24, 2.45) is 5.92 Å². The Morgan fingerprint density at radius 3 is 2.33 bits per heavy atom. The molecule has 1 unspecified atom stereocenters. The molecule has 0 amide bonds. The van der Waals surface area contributed by atoms with Crippen molar-refractivity contribution in [2.75, 3.05) is 6.61 Å². The largest absolute Gasteiger partial charge is 0.363 e. The standard InChI is InChI=1S/C4H10FO2PS/c1-4(2)3-7-8(5,6)9/h4H,3H2,1-2H3,(H,6,9). The highest BCUT2D eigenvalue weighted by Crippen LogP contribution is 2.43. The van der Waals surface area contributed by atoms with E-state index in [0.717, 1.165) is 0 Å². The molecule has 0 aromatic heterocycles. The Balaban J connectivity index is 3.40. The summed E-state index contributed by atoms with van der Waals surface area (Å²) in [6, 6.07) is 0. The summed E-state index contributed by atoms with van der Waals surface area (Å²) in [4.78, 5) is 8.30. The third kappa shape index (κ3) is 8.50. The summed E-state index contributed by atoms with van der Waals surface area (Å²) in [6.45, 7) is 0.00289. The SMILES string of the molecule is CC(C)COP(O)(F)=S. The molecule has 0 aliphatic rings. The van der Waals surface area contributed by atoms with E-state index < -0.39 is 6.80 Å². The molecule has 0 rings (SSSR count). The summed E-state index contributed by atoms with van der Waals surface area (Å²) >= 11 is 3.98. The Labute approximate surface area is 59.3 Å². The zero-order chi connectivity index (χ0) is 7.49. The molecule has 0 aromatic carbocycles. The maximum atomic E-state index is 12.0. The summed E-state index contributed by atoms with van der Waals surface area (Å²) in [5.74, 6) is 0.204. The minimum atomic E-state index is -3.89. The third-order valence-electron chi connectivity index (χ3n) is 0.567. The second kappa shape index (κ2) is 3.62. The first-order valence-corrected chi connectivity index (χ1v) is 5.15.